The predicted molar refractivity (Wildman–Crippen MR) is 126 cm³/mol. The van der Waals surface area contributed by atoms with Gasteiger partial charge in [0.15, 0.2) is 0 Å². The number of carbonyl (C=O) groups excluding carboxylic acids is 1. The second-order valence-electron chi connectivity index (χ2n) is 7.96. The number of halogens is 1. The van der Waals surface area contributed by atoms with Gasteiger partial charge in [0.05, 0.1) is 17.0 Å². The number of nitrogens with zero attached hydrogens (tertiary/aromatic N) is 3. The van der Waals surface area contributed by atoms with Crippen molar-refractivity contribution in [2.45, 2.75) is 24.8 Å². The number of benzene rings is 2. The fraction of sp³-hybridized carbons (Fsp3) is 0.304. The molecule has 0 spiro atoms. The first-order valence-electron chi connectivity index (χ1n) is 10.6. The van der Waals surface area contributed by atoms with E-state index in [4.69, 9.17) is 0 Å². The Balaban J connectivity index is 1.27. The highest BCUT2D eigenvalue weighted by atomic mass is 32.2. The van der Waals surface area contributed by atoms with Crippen LogP contribution in [0.15, 0.2) is 58.8 Å². The molecule has 0 bridgehead atoms. The van der Waals surface area contributed by atoms with Gasteiger partial charge in [-0.15, -0.1) is 11.3 Å². The largest absolute Gasteiger partial charge is 0.326 e. The molecule has 4 rings (SSSR count). The van der Waals surface area contributed by atoms with Gasteiger partial charge in [-0.1, -0.05) is 17.7 Å². The number of nitrogens with one attached hydrogen (secondary N) is 1. The van der Waals surface area contributed by atoms with E-state index in [1.165, 1.54) is 27.8 Å². The first kappa shape index (κ1) is 23.5. The number of piperazine rings is 1. The third kappa shape index (κ3) is 6.02. The second-order valence-corrected chi connectivity index (χ2v) is 10.8. The monoisotopic (exact) mass is 488 g/mol. The van der Waals surface area contributed by atoms with Crippen LogP contribution in [0, 0.1) is 12.7 Å². The lowest BCUT2D eigenvalue weighted by Gasteiger charge is -2.33. The molecule has 33 heavy (non-hydrogen) atoms. The van der Waals surface area contributed by atoms with Crippen LogP contribution < -0.4 is 5.32 Å². The Morgan fingerprint density at radius 1 is 1.06 bits per heavy atom. The van der Waals surface area contributed by atoms with Gasteiger partial charge in [0.2, 0.25) is 15.9 Å². The lowest BCUT2D eigenvalue weighted by atomic mass is 10.2. The van der Waals surface area contributed by atoms with E-state index in [9.17, 15) is 17.6 Å². The highest BCUT2D eigenvalue weighted by Crippen LogP contribution is 2.20. The maximum absolute atomic E-state index is 13.1. The van der Waals surface area contributed by atoms with Gasteiger partial charge in [-0.25, -0.2) is 17.8 Å². The van der Waals surface area contributed by atoms with Gasteiger partial charge >= 0.3 is 0 Å². The van der Waals surface area contributed by atoms with E-state index in [0.717, 1.165) is 34.1 Å². The summed E-state index contributed by atoms with van der Waals surface area (Å²) in [5.74, 6) is -0.576. The van der Waals surface area contributed by atoms with Gasteiger partial charge in [-0.3, -0.25) is 9.69 Å². The Morgan fingerprint density at radius 2 is 1.73 bits per heavy atom. The minimum absolute atomic E-state index is 0.102. The summed E-state index contributed by atoms with van der Waals surface area (Å²) < 4.78 is 40.1. The van der Waals surface area contributed by atoms with Crippen molar-refractivity contribution >= 4 is 33.0 Å². The zero-order chi connectivity index (χ0) is 23.4. The van der Waals surface area contributed by atoms with Crippen LogP contribution in [-0.4, -0.2) is 54.7 Å². The second kappa shape index (κ2) is 10.1. The van der Waals surface area contributed by atoms with E-state index in [1.54, 1.807) is 0 Å². The summed E-state index contributed by atoms with van der Waals surface area (Å²) in [5.41, 5.74) is 2.76. The van der Waals surface area contributed by atoms with Gasteiger partial charge in [0.1, 0.15) is 10.8 Å². The summed E-state index contributed by atoms with van der Waals surface area (Å²) >= 11 is 1.45. The Labute approximate surface area is 196 Å². The van der Waals surface area contributed by atoms with E-state index in [2.05, 4.69) is 15.2 Å². The zero-order valence-electron chi connectivity index (χ0n) is 18.2. The molecule has 1 aliphatic rings. The number of rotatable bonds is 7. The molecule has 1 amide bonds. The van der Waals surface area contributed by atoms with Crippen LogP contribution in [0.3, 0.4) is 0 Å². The molecular formula is C23H25FN4O3S2. The van der Waals surface area contributed by atoms with E-state index < -0.39 is 15.8 Å². The molecule has 0 unspecified atom stereocenters. The Morgan fingerprint density at radius 3 is 2.39 bits per heavy atom. The van der Waals surface area contributed by atoms with Crippen molar-refractivity contribution in [1.29, 1.82) is 0 Å². The molecule has 1 aliphatic heterocycles. The lowest BCUT2D eigenvalue weighted by molar-refractivity contribution is -0.115. The molecule has 2 heterocycles. The van der Waals surface area contributed by atoms with Crippen molar-refractivity contribution < 1.29 is 17.6 Å². The van der Waals surface area contributed by atoms with Crippen LogP contribution in [0.1, 0.15) is 16.3 Å². The summed E-state index contributed by atoms with van der Waals surface area (Å²) in [6.45, 7) is 4.45. The summed E-state index contributed by atoms with van der Waals surface area (Å²) in [4.78, 5) is 19.1. The first-order chi connectivity index (χ1) is 15.8. The molecule has 3 aromatic rings. The number of sulfonamides is 1. The summed E-state index contributed by atoms with van der Waals surface area (Å²) in [6.07, 6.45) is 0.211. The summed E-state index contributed by atoms with van der Waals surface area (Å²) in [5, 5.41) is 5.56. The van der Waals surface area contributed by atoms with Crippen LogP contribution >= 0.6 is 11.3 Å². The number of aromatic nitrogens is 1. The van der Waals surface area contributed by atoms with Crippen LogP contribution in [0.5, 0.6) is 0 Å². The fourth-order valence-corrected chi connectivity index (χ4v) is 5.80. The number of thiazole rings is 1. The van der Waals surface area contributed by atoms with E-state index in [1.807, 2.05) is 36.6 Å². The van der Waals surface area contributed by atoms with Gasteiger partial charge in [0, 0.05) is 43.8 Å². The average Bonchev–Trinajstić information content (AvgIpc) is 3.22. The number of anilines is 1. The van der Waals surface area contributed by atoms with Crippen molar-refractivity contribution in [3.05, 3.63) is 76.0 Å². The Kier molecular flexibility index (Phi) is 7.18. The zero-order valence-corrected chi connectivity index (χ0v) is 19.8. The van der Waals surface area contributed by atoms with Crippen LogP contribution in [0.2, 0.25) is 0 Å². The fourth-order valence-electron chi connectivity index (χ4n) is 3.59. The molecule has 1 aromatic heterocycles. The number of amides is 1. The molecule has 1 N–H and O–H groups in total. The van der Waals surface area contributed by atoms with Gasteiger partial charge in [0.25, 0.3) is 0 Å². The van der Waals surface area contributed by atoms with Crippen molar-refractivity contribution in [3.8, 4) is 0 Å². The molecule has 0 aliphatic carbocycles. The number of hydrogen-bond acceptors (Lipinski definition) is 6. The summed E-state index contributed by atoms with van der Waals surface area (Å²) in [7, 11) is -3.63. The molecule has 7 nitrogen and oxygen atoms in total. The minimum atomic E-state index is -3.63. The van der Waals surface area contributed by atoms with Crippen molar-refractivity contribution in [3.63, 3.8) is 0 Å². The van der Waals surface area contributed by atoms with E-state index in [-0.39, 0.29) is 17.2 Å². The number of hydrogen-bond donors (Lipinski definition) is 1. The maximum atomic E-state index is 13.1. The molecule has 1 fully saturated rings. The van der Waals surface area contributed by atoms with Crippen molar-refractivity contribution in [2.75, 3.05) is 31.5 Å². The molecular weight excluding hydrogens is 463 g/mol. The Bertz CT molecular complexity index is 1200. The molecule has 2 aromatic carbocycles. The third-order valence-corrected chi connectivity index (χ3v) is 8.23. The number of aryl methyl sites for hydroxylation is 1. The SMILES string of the molecule is Cc1ccc(NC(=O)Cc2nc(CN3CCN(S(=O)(=O)c4ccc(F)cc4)CC3)cs2)cc1. The first-order valence-corrected chi connectivity index (χ1v) is 12.9. The van der Waals surface area contributed by atoms with E-state index in [0.29, 0.717) is 32.7 Å². The van der Waals surface area contributed by atoms with Crippen molar-refractivity contribution in [2.24, 2.45) is 0 Å². The van der Waals surface area contributed by atoms with Crippen LogP contribution in [0.25, 0.3) is 0 Å². The Hall–Kier alpha value is -2.66. The van der Waals surface area contributed by atoms with Gasteiger partial charge in [-0.2, -0.15) is 4.31 Å². The summed E-state index contributed by atoms with van der Waals surface area (Å²) in [6, 6.07) is 12.5. The third-order valence-electron chi connectivity index (χ3n) is 5.41. The molecule has 0 atom stereocenters. The quantitative estimate of drug-likeness (QED) is 0.552. The van der Waals surface area contributed by atoms with Gasteiger partial charge < -0.3 is 5.32 Å². The average molecular weight is 489 g/mol. The highest BCUT2D eigenvalue weighted by molar-refractivity contribution is 7.89. The van der Waals surface area contributed by atoms with Crippen LogP contribution in [-0.2, 0) is 27.8 Å². The molecule has 1 saturated heterocycles. The van der Waals surface area contributed by atoms with Crippen molar-refractivity contribution in [1.82, 2.24) is 14.2 Å². The molecule has 0 radical (unpaired) electrons. The predicted octanol–water partition coefficient (Wildman–Crippen LogP) is 3.28. The lowest BCUT2D eigenvalue weighted by Crippen LogP contribution is -2.48. The van der Waals surface area contributed by atoms with Gasteiger partial charge in [-0.05, 0) is 43.3 Å². The topological polar surface area (TPSA) is 82.6 Å². The maximum Gasteiger partial charge on any atom is 0.243 e. The standard InChI is InChI=1S/C23H25FN4O3S2/c1-17-2-6-19(7-3-17)25-22(29)14-23-26-20(16-32-23)15-27-10-12-28(13-11-27)33(30,31)21-8-4-18(24)5-9-21/h2-9,16H,10-15H2,1H3,(H,25,29). The smallest absolute Gasteiger partial charge is 0.243 e. The molecule has 10 heteroatoms. The molecule has 0 saturated carbocycles. The van der Waals surface area contributed by atoms with Crippen LogP contribution in [0.4, 0.5) is 10.1 Å². The highest BCUT2D eigenvalue weighted by Gasteiger charge is 2.28. The number of carbonyl (C=O) groups is 1. The molecule has 174 valence electrons. The minimum Gasteiger partial charge on any atom is -0.326 e. The van der Waals surface area contributed by atoms with E-state index >= 15 is 0 Å². The normalized spacial score (nSPS) is 15.5.